The summed E-state index contributed by atoms with van der Waals surface area (Å²) >= 11 is 0. The van der Waals surface area contributed by atoms with Crippen LogP contribution in [0, 0.1) is 0 Å². The first-order valence-electron chi connectivity index (χ1n) is 7.51. The van der Waals surface area contributed by atoms with E-state index < -0.39 is 12.0 Å². The predicted molar refractivity (Wildman–Crippen MR) is 87.7 cm³/mol. The maximum Gasteiger partial charge on any atom is 0.320 e. The van der Waals surface area contributed by atoms with Gasteiger partial charge in [0.05, 0.1) is 6.61 Å². The third-order valence-electron chi connectivity index (χ3n) is 3.34. The molecule has 5 heteroatoms. The summed E-state index contributed by atoms with van der Waals surface area (Å²) in [7, 11) is 0. The van der Waals surface area contributed by atoms with Gasteiger partial charge in [0.1, 0.15) is 12.6 Å². The number of hydrogen-bond donors (Lipinski definition) is 2. The van der Waals surface area contributed by atoms with E-state index in [0.29, 0.717) is 24.7 Å². The second-order valence-corrected chi connectivity index (χ2v) is 5.10. The van der Waals surface area contributed by atoms with E-state index >= 15 is 0 Å². The third-order valence-corrected chi connectivity index (χ3v) is 3.34. The second-order valence-electron chi connectivity index (χ2n) is 5.10. The van der Waals surface area contributed by atoms with Crippen LogP contribution in [0.4, 0.5) is 0 Å². The van der Waals surface area contributed by atoms with Gasteiger partial charge in [-0.15, -0.1) is 0 Å². The van der Waals surface area contributed by atoms with Gasteiger partial charge >= 0.3 is 5.97 Å². The van der Waals surface area contributed by atoms with Gasteiger partial charge in [-0.3, -0.25) is 4.79 Å². The minimum absolute atomic E-state index is 0.181. The Morgan fingerprint density at radius 3 is 2.52 bits per heavy atom. The van der Waals surface area contributed by atoms with Crippen LogP contribution in [0.1, 0.15) is 18.1 Å². The first kappa shape index (κ1) is 16.8. The molecule has 0 aromatic heterocycles. The second kappa shape index (κ2) is 8.19. The standard InChI is InChI=1S/C18H21NO4/c1-2-22-16-10-6-9-14(11-15(19)18(20)21)17(16)23-12-13-7-4-3-5-8-13/h3-10,15H,2,11-12,19H2,1H3,(H,20,21). The molecule has 1 unspecified atom stereocenters. The van der Waals surface area contributed by atoms with Gasteiger partial charge in [0.2, 0.25) is 0 Å². The Bertz CT molecular complexity index is 643. The van der Waals surface area contributed by atoms with Gasteiger partial charge < -0.3 is 20.3 Å². The van der Waals surface area contributed by atoms with Gasteiger partial charge in [0, 0.05) is 12.0 Å². The molecule has 0 aliphatic carbocycles. The zero-order valence-corrected chi connectivity index (χ0v) is 13.1. The number of carboxylic acid groups (broad SMARTS) is 1. The van der Waals surface area contributed by atoms with Gasteiger partial charge in [0.25, 0.3) is 0 Å². The van der Waals surface area contributed by atoms with Crippen LogP contribution in [0.5, 0.6) is 11.5 Å². The lowest BCUT2D eigenvalue weighted by Crippen LogP contribution is -2.32. The summed E-state index contributed by atoms with van der Waals surface area (Å²) in [5.41, 5.74) is 7.40. The zero-order chi connectivity index (χ0) is 16.7. The largest absolute Gasteiger partial charge is 0.490 e. The van der Waals surface area contributed by atoms with Crippen LogP contribution in [0.2, 0.25) is 0 Å². The fourth-order valence-corrected chi connectivity index (χ4v) is 2.21. The van der Waals surface area contributed by atoms with E-state index in [4.69, 9.17) is 20.3 Å². The van der Waals surface area contributed by atoms with Crippen molar-refractivity contribution in [1.82, 2.24) is 0 Å². The first-order chi connectivity index (χ1) is 11.1. The number of para-hydroxylation sites is 1. The highest BCUT2D eigenvalue weighted by Crippen LogP contribution is 2.33. The minimum atomic E-state index is -1.04. The normalized spacial score (nSPS) is 11.7. The van der Waals surface area contributed by atoms with Crippen molar-refractivity contribution >= 4 is 5.97 Å². The Morgan fingerprint density at radius 2 is 1.87 bits per heavy atom. The Morgan fingerprint density at radius 1 is 1.13 bits per heavy atom. The molecule has 5 nitrogen and oxygen atoms in total. The summed E-state index contributed by atoms with van der Waals surface area (Å²) in [6.07, 6.45) is 0.181. The van der Waals surface area contributed by atoms with Crippen molar-refractivity contribution in [2.75, 3.05) is 6.61 Å². The number of aliphatic carboxylic acids is 1. The number of carbonyl (C=O) groups is 1. The van der Waals surface area contributed by atoms with Crippen LogP contribution >= 0.6 is 0 Å². The van der Waals surface area contributed by atoms with Crippen molar-refractivity contribution in [1.29, 1.82) is 0 Å². The molecule has 2 aromatic carbocycles. The molecule has 0 spiro atoms. The number of rotatable bonds is 8. The van der Waals surface area contributed by atoms with E-state index in [-0.39, 0.29) is 6.42 Å². The van der Waals surface area contributed by atoms with Gasteiger partial charge in [0.15, 0.2) is 11.5 Å². The molecule has 1 atom stereocenters. The average molecular weight is 315 g/mol. The molecule has 23 heavy (non-hydrogen) atoms. The number of nitrogens with two attached hydrogens (primary N) is 1. The van der Waals surface area contributed by atoms with Gasteiger partial charge in [-0.1, -0.05) is 42.5 Å². The Hall–Kier alpha value is -2.53. The topological polar surface area (TPSA) is 81.8 Å². The molecule has 0 bridgehead atoms. The smallest absolute Gasteiger partial charge is 0.320 e. The minimum Gasteiger partial charge on any atom is -0.490 e. The fraction of sp³-hybridized carbons (Fsp3) is 0.278. The molecular formula is C18H21NO4. The highest BCUT2D eigenvalue weighted by Gasteiger charge is 2.18. The number of carboxylic acids is 1. The molecule has 0 heterocycles. The Kier molecular flexibility index (Phi) is 6.00. The zero-order valence-electron chi connectivity index (χ0n) is 13.1. The van der Waals surface area contributed by atoms with E-state index in [1.807, 2.05) is 49.4 Å². The predicted octanol–water partition coefficient (Wildman–Crippen LogP) is 2.62. The molecule has 0 amide bonds. The SMILES string of the molecule is CCOc1cccc(CC(N)C(=O)O)c1OCc1ccccc1. The lowest BCUT2D eigenvalue weighted by Gasteiger charge is -2.17. The van der Waals surface area contributed by atoms with Crippen molar-refractivity contribution in [3.63, 3.8) is 0 Å². The highest BCUT2D eigenvalue weighted by molar-refractivity contribution is 5.73. The summed E-state index contributed by atoms with van der Waals surface area (Å²) in [4.78, 5) is 11.0. The van der Waals surface area contributed by atoms with Crippen LogP contribution in [-0.4, -0.2) is 23.7 Å². The molecule has 2 aromatic rings. The molecule has 0 saturated heterocycles. The number of ether oxygens (including phenoxy) is 2. The summed E-state index contributed by atoms with van der Waals surface area (Å²) in [6.45, 7) is 2.76. The molecule has 122 valence electrons. The average Bonchev–Trinajstić information content (AvgIpc) is 2.55. The number of benzene rings is 2. The molecule has 0 saturated carbocycles. The van der Waals surface area contributed by atoms with E-state index in [9.17, 15) is 4.79 Å². The van der Waals surface area contributed by atoms with Crippen LogP contribution in [0.15, 0.2) is 48.5 Å². The molecule has 0 radical (unpaired) electrons. The van der Waals surface area contributed by atoms with Gasteiger partial charge in [-0.2, -0.15) is 0 Å². The monoisotopic (exact) mass is 315 g/mol. The molecule has 3 N–H and O–H groups in total. The molecule has 2 rings (SSSR count). The van der Waals surface area contributed by atoms with Crippen LogP contribution < -0.4 is 15.2 Å². The van der Waals surface area contributed by atoms with Crippen molar-refractivity contribution in [2.24, 2.45) is 5.73 Å². The highest BCUT2D eigenvalue weighted by atomic mass is 16.5. The van der Waals surface area contributed by atoms with Crippen molar-refractivity contribution in [2.45, 2.75) is 26.0 Å². The van der Waals surface area contributed by atoms with Crippen molar-refractivity contribution < 1.29 is 19.4 Å². The maximum atomic E-state index is 11.0. The van der Waals surface area contributed by atoms with Crippen molar-refractivity contribution in [3.05, 3.63) is 59.7 Å². The maximum absolute atomic E-state index is 11.0. The lowest BCUT2D eigenvalue weighted by molar-refractivity contribution is -0.138. The summed E-state index contributed by atoms with van der Waals surface area (Å²) in [6, 6.07) is 14.2. The summed E-state index contributed by atoms with van der Waals surface area (Å²) in [5.74, 6) is 0.106. The Labute approximate surface area is 135 Å². The number of hydrogen-bond acceptors (Lipinski definition) is 4. The van der Waals surface area contributed by atoms with E-state index in [2.05, 4.69) is 0 Å². The van der Waals surface area contributed by atoms with E-state index in [1.165, 1.54) is 0 Å². The van der Waals surface area contributed by atoms with Crippen LogP contribution in [-0.2, 0) is 17.8 Å². The summed E-state index contributed by atoms with van der Waals surface area (Å²) < 4.78 is 11.5. The quantitative estimate of drug-likeness (QED) is 0.782. The molecule has 0 aliphatic heterocycles. The first-order valence-corrected chi connectivity index (χ1v) is 7.51. The van der Waals surface area contributed by atoms with Crippen LogP contribution in [0.25, 0.3) is 0 Å². The molecule has 0 fully saturated rings. The van der Waals surface area contributed by atoms with E-state index in [1.54, 1.807) is 6.07 Å². The Balaban J connectivity index is 2.23. The fourth-order valence-electron chi connectivity index (χ4n) is 2.21. The summed E-state index contributed by atoms with van der Waals surface area (Å²) in [5, 5.41) is 9.02. The van der Waals surface area contributed by atoms with E-state index in [0.717, 1.165) is 11.1 Å². The van der Waals surface area contributed by atoms with Gasteiger partial charge in [-0.05, 0) is 18.6 Å². The molecule has 0 aliphatic rings. The third kappa shape index (κ3) is 4.72. The van der Waals surface area contributed by atoms with Gasteiger partial charge in [-0.25, -0.2) is 0 Å². The lowest BCUT2D eigenvalue weighted by atomic mass is 10.0. The van der Waals surface area contributed by atoms with Crippen LogP contribution in [0.3, 0.4) is 0 Å². The van der Waals surface area contributed by atoms with Crippen molar-refractivity contribution in [3.8, 4) is 11.5 Å². The molecular weight excluding hydrogens is 294 g/mol.